The molecular weight excluding hydrogens is 628 g/mol. The van der Waals surface area contributed by atoms with E-state index in [2.05, 4.69) is 15.1 Å². The van der Waals surface area contributed by atoms with Crippen molar-refractivity contribution >= 4 is 46.0 Å². The molecule has 0 fully saturated rings. The van der Waals surface area contributed by atoms with Crippen LogP contribution in [0, 0.1) is 5.82 Å². The summed E-state index contributed by atoms with van der Waals surface area (Å²) < 4.78 is 54.1. The maximum absolute atomic E-state index is 14.3. The predicted octanol–water partition coefficient (Wildman–Crippen LogP) is 3.45. The Morgan fingerprint density at radius 1 is 1.00 bits per heavy atom. The van der Waals surface area contributed by atoms with Crippen LogP contribution in [0.25, 0.3) is 16.6 Å². The molecule has 0 aliphatic carbocycles. The standard InChI is InChI=1S/C29H23ClF4N4O7/c1-36(2)17-11-12-22-18(14-17)25(40)38(28(43)37(22)3)16-9-7-15(8-10-16)13-21(26(41)44-45-27(42)29(32,33)34)35-24(39)23-19(30)5-4-6-20(23)31/h4-12,14,21H,13H2,1-3H3,(H,35,39). The zero-order valence-corrected chi connectivity index (χ0v) is 24.4. The summed E-state index contributed by atoms with van der Waals surface area (Å²) in [6.45, 7) is 0. The number of alkyl halides is 3. The number of hydrogen-bond acceptors (Lipinski definition) is 8. The first kappa shape index (κ1) is 32.7. The summed E-state index contributed by atoms with van der Waals surface area (Å²) in [6.07, 6.45) is -5.96. The van der Waals surface area contributed by atoms with Gasteiger partial charge in [-0.15, -0.1) is 0 Å². The minimum Gasteiger partial charge on any atom is -0.378 e. The summed E-state index contributed by atoms with van der Waals surface area (Å²) in [6, 6.07) is 12.0. The summed E-state index contributed by atoms with van der Waals surface area (Å²) in [5, 5.41) is 2.05. The van der Waals surface area contributed by atoms with E-state index < -0.39 is 59.1 Å². The van der Waals surface area contributed by atoms with Gasteiger partial charge in [-0.05, 0) is 48.0 Å². The minimum atomic E-state index is -5.48. The van der Waals surface area contributed by atoms with Crippen LogP contribution in [0.3, 0.4) is 0 Å². The lowest BCUT2D eigenvalue weighted by molar-refractivity contribution is -0.286. The van der Waals surface area contributed by atoms with Crippen LogP contribution in [-0.4, -0.2) is 53.3 Å². The summed E-state index contributed by atoms with van der Waals surface area (Å²) >= 11 is 5.90. The largest absolute Gasteiger partial charge is 0.495 e. The van der Waals surface area contributed by atoms with E-state index in [9.17, 15) is 41.5 Å². The molecule has 1 N–H and O–H groups in total. The Labute approximate surface area is 256 Å². The van der Waals surface area contributed by atoms with E-state index in [4.69, 9.17) is 11.6 Å². The molecule has 3 aromatic carbocycles. The Hall–Kier alpha value is -5.18. The van der Waals surface area contributed by atoms with Gasteiger partial charge in [-0.1, -0.05) is 29.8 Å². The van der Waals surface area contributed by atoms with E-state index in [0.29, 0.717) is 5.52 Å². The highest BCUT2D eigenvalue weighted by Crippen LogP contribution is 2.21. The molecule has 0 radical (unpaired) electrons. The normalized spacial score (nSPS) is 12.0. The lowest BCUT2D eigenvalue weighted by Crippen LogP contribution is -2.44. The molecule has 1 aromatic heterocycles. The van der Waals surface area contributed by atoms with Crippen LogP contribution in [-0.2, 0) is 32.8 Å². The summed E-state index contributed by atoms with van der Waals surface area (Å²) in [5.74, 6) is -6.74. The Morgan fingerprint density at radius 2 is 1.67 bits per heavy atom. The van der Waals surface area contributed by atoms with Crippen molar-refractivity contribution in [3.8, 4) is 5.69 Å². The number of rotatable bonds is 7. The van der Waals surface area contributed by atoms with E-state index in [1.54, 1.807) is 37.2 Å². The number of amides is 1. The second-order valence-electron chi connectivity index (χ2n) is 9.84. The van der Waals surface area contributed by atoms with Gasteiger partial charge in [-0.25, -0.2) is 33.1 Å². The van der Waals surface area contributed by atoms with Gasteiger partial charge in [-0.3, -0.25) is 14.2 Å². The fourth-order valence-electron chi connectivity index (χ4n) is 4.29. The molecule has 0 saturated carbocycles. The van der Waals surface area contributed by atoms with E-state index in [1.165, 1.54) is 48.0 Å². The number of nitrogens with zero attached hydrogens (tertiary/aromatic N) is 3. The van der Waals surface area contributed by atoms with Crippen LogP contribution in [0.1, 0.15) is 15.9 Å². The highest BCUT2D eigenvalue weighted by Gasteiger charge is 2.43. The average molecular weight is 651 g/mol. The number of halogens is 5. The van der Waals surface area contributed by atoms with Gasteiger partial charge in [0.15, 0.2) is 0 Å². The molecule has 11 nitrogen and oxygen atoms in total. The SMILES string of the molecule is CN(C)c1ccc2c(c1)c(=O)n(-c1ccc(CC(NC(=O)c3c(F)cccc3Cl)C(=O)OOC(=O)C(F)(F)F)cc1)c(=O)n2C. The Kier molecular flexibility index (Phi) is 9.32. The zero-order valence-electron chi connectivity index (χ0n) is 23.6. The molecule has 1 atom stereocenters. The summed E-state index contributed by atoms with van der Waals surface area (Å²) in [4.78, 5) is 72.3. The van der Waals surface area contributed by atoms with E-state index in [-0.39, 0.29) is 21.7 Å². The molecule has 236 valence electrons. The molecule has 4 aromatic rings. The average Bonchev–Trinajstić information content (AvgIpc) is 2.98. The lowest BCUT2D eigenvalue weighted by Gasteiger charge is -2.18. The third kappa shape index (κ3) is 6.98. The van der Waals surface area contributed by atoms with Crippen molar-refractivity contribution in [1.29, 1.82) is 0 Å². The van der Waals surface area contributed by atoms with Crippen molar-refractivity contribution in [2.24, 2.45) is 7.05 Å². The summed E-state index contributed by atoms with van der Waals surface area (Å²) in [7, 11) is 5.07. The molecule has 0 saturated heterocycles. The molecular formula is C29H23ClF4N4O7. The number of nitrogens with one attached hydrogen (secondary N) is 1. The van der Waals surface area contributed by atoms with Crippen molar-refractivity contribution in [2.75, 3.05) is 19.0 Å². The van der Waals surface area contributed by atoms with Crippen molar-refractivity contribution in [3.63, 3.8) is 0 Å². The number of hydrogen-bond donors (Lipinski definition) is 1. The van der Waals surface area contributed by atoms with Crippen molar-refractivity contribution in [3.05, 3.63) is 103 Å². The topological polar surface area (TPSA) is 129 Å². The predicted molar refractivity (Wildman–Crippen MR) is 154 cm³/mol. The highest BCUT2D eigenvalue weighted by molar-refractivity contribution is 6.33. The first-order chi connectivity index (χ1) is 21.1. The van der Waals surface area contributed by atoms with Gasteiger partial charge in [0.1, 0.15) is 11.9 Å². The number of fused-ring (bicyclic) bond motifs is 1. The molecule has 1 unspecified atom stereocenters. The van der Waals surface area contributed by atoms with Crippen LogP contribution in [0.5, 0.6) is 0 Å². The Bertz CT molecular complexity index is 1900. The number of aromatic nitrogens is 2. The molecule has 0 aliphatic rings. The van der Waals surface area contributed by atoms with Gasteiger partial charge in [0.05, 0.1) is 27.2 Å². The molecule has 16 heteroatoms. The molecule has 1 amide bonds. The monoisotopic (exact) mass is 650 g/mol. The van der Waals surface area contributed by atoms with E-state index in [1.807, 2.05) is 0 Å². The van der Waals surface area contributed by atoms with Gasteiger partial charge in [0.2, 0.25) is 0 Å². The fourth-order valence-corrected chi connectivity index (χ4v) is 4.54. The molecule has 1 heterocycles. The van der Waals surface area contributed by atoms with Gasteiger partial charge >= 0.3 is 23.8 Å². The quantitative estimate of drug-likeness (QED) is 0.183. The zero-order chi connectivity index (χ0) is 33.2. The van der Waals surface area contributed by atoms with E-state index in [0.717, 1.165) is 16.3 Å². The second-order valence-corrected chi connectivity index (χ2v) is 10.2. The Morgan fingerprint density at radius 3 is 2.27 bits per heavy atom. The smallest absolute Gasteiger partial charge is 0.378 e. The fraction of sp³-hybridized carbons (Fsp3) is 0.207. The first-order valence-corrected chi connectivity index (χ1v) is 13.2. The van der Waals surface area contributed by atoms with Gasteiger partial charge < -0.3 is 10.2 Å². The van der Waals surface area contributed by atoms with Crippen molar-refractivity contribution < 1.29 is 41.7 Å². The lowest BCUT2D eigenvalue weighted by atomic mass is 10.0. The van der Waals surface area contributed by atoms with Gasteiger partial charge in [-0.2, -0.15) is 13.2 Å². The molecule has 0 spiro atoms. The first-order valence-electron chi connectivity index (χ1n) is 12.9. The van der Waals surface area contributed by atoms with Crippen molar-refractivity contribution in [2.45, 2.75) is 18.6 Å². The maximum Gasteiger partial charge on any atom is 0.495 e. The molecule has 45 heavy (non-hydrogen) atoms. The molecule has 0 bridgehead atoms. The Balaban J connectivity index is 1.66. The van der Waals surface area contributed by atoms with E-state index >= 15 is 0 Å². The van der Waals surface area contributed by atoms with Crippen LogP contribution in [0.4, 0.5) is 23.2 Å². The number of carbonyl (C=O) groups excluding carboxylic acids is 3. The number of anilines is 1. The number of benzene rings is 3. The van der Waals surface area contributed by atoms with Gasteiger partial charge in [0, 0.05) is 33.3 Å². The number of aryl methyl sites for hydroxylation is 1. The van der Waals surface area contributed by atoms with Crippen LogP contribution < -0.4 is 21.5 Å². The second kappa shape index (κ2) is 12.8. The van der Waals surface area contributed by atoms with Gasteiger partial charge in [0.25, 0.3) is 11.5 Å². The summed E-state index contributed by atoms with van der Waals surface area (Å²) in [5.41, 5.74) is -0.417. The van der Waals surface area contributed by atoms with Crippen molar-refractivity contribution in [1.82, 2.24) is 14.5 Å². The molecule has 0 aliphatic heterocycles. The van der Waals surface area contributed by atoms with Crippen LogP contribution in [0.15, 0.2) is 70.3 Å². The van der Waals surface area contributed by atoms with Crippen LogP contribution >= 0.6 is 11.6 Å². The maximum atomic E-state index is 14.3. The number of carbonyl (C=O) groups is 3. The third-order valence-electron chi connectivity index (χ3n) is 6.61. The minimum absolute atomic E-state index is 0.141. The van der Waals surface area contributed by atoms with Crippen LogP contribution in [0.2, 0.25) is 5.02 Å². The highest BCUT2D eigenvalue weighted by atomic mass is 35.5. The molecule has 4 rings (SSSR count). The third-order valence-corrected chi connectivity index (χ3v) is 6.93.